The lowest BCUT2D eigenvalue weighted by molar-refractivity contribution is 0.0977. The zero-order chi connectivity index (χ0) is 17.0. The van der Waals surface area contributed by atoms with Gasteiger partial charge in [0.15, 0.2) is 10.9 Å². The third-order valence-electron chi connectivity index (χ3n) is 2.66. The molecule has 0 atom stereocenters. The van der Waals surface area contributed by atoms with Gasteiger partial charge in [0, 0.05) is 16.2 Å². The molecule has 0 spiro atoms. The van der Waals surface area contributed by atoms with Crippen molar-refractivity contribution in [3.63, 3.8) is 0 Å². The second-order valence-electron chi connectivity index (χ2n) is 4.24. The van der Waals surface area contributed by atoms with Gasteiger partial charge < -0.3 is 10.1 Å². The second-order valence-corrected chi connectivity index (χ2v) is 6.38. The molecular formula is C14H10BrCl2N3O2S. The molecule has 1 heterocycles. The Morgan fingerprint density at radius 2 is 1.96 bits per heavy atom. The Labute approximate surface area is 156 Å². The van der Waals surface area contributed by atoms with Crippen molar-refractivity contribution in [2.45, 2.75) is 0 Å². The van der Waals surface area contributed by atoms with Crippen molar-refractivity contribution in [2.75, 3.05) is 12.4 Å². The van der Waals surface area contributed by atoms with Crippen LogP contribution in [0, 0.1) is 0 Å². The number of anilines is 1. The molecule has 120 valence electrons. The fourth-order valence-electron chi connectivity index (χ4n) is 1.66. The molecule has 23 heavy (non-hydrogen) atoms. The van der Waals surface area contributed by atoms with Gasteiger partial charge in [-0.05, 0) is 52.4 Å². The predicted octanol–water partition coefficient (Wildman–Crippen LogP) is 4.29. The van der Waals surface area contributed by atoms with Gasteiger partial charge in [-0.1, -0.05) is 23.2 Å². The number of aromatic nitrogens is 1. The van der Waals surface area contributed by atoms with Crippen LogP contribution in [0.4, 0.5) is 5.82 Å². The summed E-state index contributed by atoms with van der Waals surface area (Å²) >= 11 is 20.4. The number of amides is 1. The van der Waals surface area contributed by atoms with Crippen LogP contribution in [0.3, 0.4) is 0 Å². The summed E-state index contributed by atoms with van der Waals surface area (Å²) in [5.74, 6) is 0.361. The molecule has 0 saturated carbocycles. The van der Waals surface area contributed by atoms with E-state index in [-0.39, 0.29) is 20.7 Å². The van der Waals surface area contributed by atoms with Crippen LogP contribution in [-0.2, 0) is 0 Å². The van der Waals surface area contributed by atoms with Gasteiger partial charge in [-0.15, -0.1) is 0 Å². The number of methoxy groups -OCH3 is 1. The van der Waals surface area contributed by atoms with E-state index < -0.39 is 5.91 Å². The molecule has 0 bridgehead atoms. The Morgan fingerprint density at radius 1 is 1.30 bits per heavy atom. The Morgan fingerprint density at radius 3 is 2.48 bits per heavy atom. The summed E-state index contributed by atoms with van der Waals surface area (Å²) in [4.78, 5) is 16.3. The van der Waals surface area contributed by atoms with E-state index >= 15 is 0 Å². The van der Waals surface area contributed by atoms with Gasteiger partial charge in [-0.25, -0.2) is 4.98 Å². The minimum atomic E-state index is -0.453. The summed E-state index contributed by atoms with van der Waals surface area (Å²) in [5, 5.41) is 5.90. The zero-order valence-electron chi connectivity index (χ0n) is 11.7. The standard InChI is InChI=1S/C14H10BrCl2N3O2S/c1-22-12-9(16)4-7(5-10(12)17)13(21)20-14(23)19-11-3-2-8(15)6-18-11/h2-6H,1H3,(H2,18,19,20,21,23). The van der Waals surface area contributed by atoms with Crippen molar-refractivity contribution in [2.24, 2.45) is 0 Å². The van der Waals surface area contributed by atoms with Crippen LogP contribution >= 0.6 is 51.3 Å². The lowest BCUT2D eigenvalue weighted by Crippen LogP contribution is -2.34. The number of ether oxygens (including phenoxy) is 1. The molecule has 0 aliphatic heterocycles. The smallest absolute Gasteiger partial charge is 0.257 e. The van der Waals surface area contributed by atoms with Gasteiger partial charge >= 0.3 is 0 Å². The summed E-state index contributed by atoms with van der Waals surface area (Å²) < 4.78 is 5.87. The first-order valence-electron chi connectivity index (χ1n) is 6.17. The van der Waals surface area contributed by atoms with Gasteiger partial charge in [0.1, 0.15) is 5.82 Å². The van der Waals surface area contributed by atoms with E-state index in [1.807, 2.05) is 0 Å². The van der Waals surface area contributed by atoms with Crippen LogP contribution in [0.5, 0.6) is 5.75 Å². The minimum absolute atomic E-state index is 0.105. The molecule has 5 nitrogen and oxygen atoms in total. The highest BCUT2D eigenvalue weighted by Gasteiger charge is 2.14. The number of hydrogen-bond donors (Lipinski definition) is 2. The number of carbonyl (C=O) groups is 1. The van der Waals surface area contributed by atoms with Crippen LogP contribution < -0.4 is 15.4 Å². The number of rotatable bonds is 3. The monoisotopic (exact) mass is 433 g/mol. The Balaban J connectivity index is 2.06. The van der Waals surface area contributed by atoms with Crippen LogP contribution in [0.15, 0.2) is 34.9 Å². The third-order valence-corrected chi connectivity index (χ3v) is 3.90. The quantitative estimate of drug-likeness (QED) is 0.705. The number of halogens is 3. The normalized spacial score (nSPS) is 10.1. The Hall–Kier alpha value is -1.41. The molecule has 0 saturated heterocycles. The highest BCUT2D eigenvalue weighted by atomic mass is 79.9. The highest BCUT2D eigenvalue weighted by Crippen LogP contribution is 2.33. The molecule has 0 aliphatic rings. The Bertz CT molecular complexity index is 733. The highest BCUT2D eigenvalue weighted by molar-refractivity contribution is 9.10. The summed E-state index contributed by atoms with van der Waals surface area (Å²) in [7, 11) is 1.44. The van der Waals surface area contributed by atoms with Crippen molar-refractivity contribution in [1.29, 1.82) is 0 Å². The SMILES string of the molecule is COc1c(Cl)cc(C(=O)NC(=S)Nc2ccc(Br)cn2)cc1Cl. The van der Waals surface area contributed by atoms with Crippen LogP contribution in [0.2, 0.25) is 10.0 Å². The number of pyridine rings is 1. The van der Waals surface area contributed by atoms with E-state index in [1.54, 1.807) is 18.3 Å². The van der Waals surface area contributed by atoms with Gasteiger partial charge in [-0.2, -0.15) is 0 Å². The Kier molecular flexibility index (Phi) is 6.17. The number of nitrogens with zero attached hydrogens (tertiary/aromatic N) is 1. The number of carbonyl (C=O) groups excluding carboxylic acids is 1. The average Bonchev–Trinajstić information content (AvgIpc) is 2.49. The minimum Gasteiger partial charge on any atom is -0.494 e. The van der Waals surface area contributed by atoms with Crippen molar-refractivity contribution in [3.05, 3.63) is 50.5 Å². The number of hydrogen-bond acceptors (Lipinski definition) is 4. The molecule has 1 amide bonds. The first-order chi connectivity index (χ1) is 10.9. The molecule has 9 heteroatoms. The second kappa shape index (κ2) is 7.92. The molecule has 2 aromatic rings. The molecule has 0 radical (unpaired) electrons. The molecule has 0 unspecified atom stereocenters. The van der Waals surface area contributed by atoms with E-state index in [4.69, 9.17) is 40.2 Å². The lowest BCUT2D eigenvalue weighted by atomic mass is 10.2. The van der Waals surface area contributed by atoms with Crippen LogP contribution in [0.1, 0.15) is 10.4 Å². The van der Waals surface area contributed by atoms with Crippen molar-refractivity contribution >= 4 is 68.2 Å². The number of nitrogens with one attached hydrogen (secondary N) is 2. The molecule has 1 aromatic heterocycles. The fraction of sp³-hybridized carbons (Fsp3) is 0.0714. The van der Waals surface area contributed by atoms with Crippen LogP contribution in [-0.4, -0.2) is 23.1 Å². The molecule has 0 fully saturated rings. The van der Waals surface area contributed by atoms with E-state index in [0.29, 0.717) is 11.6 Å². The molecule has 2 N–H and O–H groups in total. The van der Waals surface area contributed by atoms with E-state index in [1.165, 1.54) is 19.2 Å². The zero-order valence-corrected chi connectivity index (χ0v) is 15.6. The van der Waals surface area contributed by atoms with E-state index in [2.05, 4.69) is 31.5 Å². The predicted molar refractivity (Wildman–Crippen MR) is 98.6 cm³/mol. The third kappa shape index (κ3) is 4.78. The molecule has 1 aromatic carbocycles. The molecule has 0 aliphatic carbocycles. The number of benzene rings is 1. The molecule has 2 rings (SSSR count). The summed E-state index contributed by atoms with van der Waals surface area (Å²) in [5.41, 5.74) is 0.258. The fourth-order valence-corrected chi connectivity index (χ4v) is 2.73. The summed E-state index contributed by atoms with van der Waals surface area (Å²) in [6.45, 7) is 0. The van der Waals surface area contributed by atoms with Gasteiger partial charge in [0.05, 0.1) is 17.2 Å². The maximum Gasteiger partial charge on any atom is 0.257 e. The maximum atomic E-state index is 12.2. The summed E-state index contributed by atoms with van der Waals surface area (Å²) in [6.07, 6.45) is 1.61. The average molecular weight is 435 g/mol. The van der Waals surface area contributed by atoms with Gasteiger partial charge in [0.25, 0.3) is 5.91 Å². The first-order valence-corrected chi connectivity index (χ1v) is 8.13. The van der Waals surface area contributed by atoms with Crippen molar-refractivity contribution in [3.8, 4) is 5.75 Å². The van der Waals surface area contributed by atoms with E-state index in [0.717, 1.165) is 4.47 Å². The summed E-state index contributed by atoms with van der Waals surface area (Å²) in [6, 6.07) is 6.40. The topological polar surface area (TPSA) is 63.2 Å². The van der Waals surface area contributed by atoms with Gasteiger partial charge in [-0.3, -0.25) is 10.1 Å². The molecular weight excluding hydrogens is 425 g/mol. The van der Waals surface area contributed by atoms with Crippen molar-refractivity contribution in [1.82, 2.24) is 10.3 Å². The van der Waals surface area contributed by atoms with Crippen LogP contribution in [0.25, 0.3) is 0 Å². The maximum absolute atomic E-state index is 12.2. The van der Waals surface area contributed by atoms with Crippen molar-refractivity contribution < 1.29 is 9.53 Å². The lowest BCUT2D eigenvalue weighted by Gasteiger charge is -2.11. The largest absolute Gasteiger partial charge is 0.494 e. The first kappa shape index (κ1) is 17.9. The number of thiocarbonyl (C=S) groups is 1. The van der Waals surface area contributed by atoms with Gasteiger partial charge in [0.2, 0.25) is 0 Å². The van der Waals surface area contributed by atoms with E-state index in [9.17, 15) is 4.79 Å².